The number of benzene rings is 2. The van der Waals surface area contributed by atoms with Crippen LogP contribution in [0.5, 0.6) is 0 Å². The maximum atomic E-state index is 15.6. The number of nitrogens with zero attached hydrogens (tertiary/aromatic N) is 5. The van der Waals surface area contributed by atoms with Crippen LogP contribution in [-0.4, -0.2) is 80.2 Å². The minimum Gasteiger partial charge on any atom is -0.364 e. The van der Waals surface area contributed by atoms with E-state index in [0.717, 1.165) is 18.2 Å². The van der Waals surface area contributed by atoms with Crippen LogP contribution in [0.3, 0.4) is 0 Å². The van der Waals surface area contributed by atoms with E-state index in [1.807, 2.05) is 0 Å². The van der Waals surface area contributed by atoms with Crippen LogP contribution in [0.4, 0.5) is 14.9 Å². The lowest BCUT2D eigenvalue weighted by molar-refractivity contribution is -0.138. The van der Waals surface area contributed by atoms with Crippen LogP contribution in [0.2, 0.25) is 5.02 Å². The number of aliphatic imine (C=N–C) groups is 1. The van der Waals surface area contributed by atoms with Crippen molar-refractivity contribution >= 4 is 63.7 Å². The first kappa shape index (κ1) is 30.7. The number of carbonyl (C=O) groups is 4. The lowest BCUT2D eigenvalue weighted by Gasteiger charge is -2.29. The van der Waals surface area contributed by atoms with Crippen molar-refractivity contribution in [2.45, 2.75) is 30.4 Å². The zero-order valence-electron chi connectivity index (χ0n) is 24.4. The van der Waals surface area contributed by atoms with Crippen LogP contribution in [0.1, 0.15) is 12.1 Å². The molecule has 2 aromatic carbocycles. The van der Waals surface area contributed by atoms with Gasteiger partial charge in [0.2, 0.25) is 11.8 Å². The molecule has 0 radical (unpaired) electrons. The van der Waals surface area contributed by atoms with Crippen LogP contribution in [0.15, 0.2) is 69.4 Å². The van der Waals surface area contributed by atoms with E-state index in [2.05, 4.69) is 31.2 Å². The molecule has 7 rings (SSSR count). The van der Waals surface area contributed by atoms with Crippen LogP contribution < -0.4 is 21.7 Å². The minimum atomic E-state index is -0.813. The molecule has 2 unspecified atom stereocenters. The van der Waals surface area contributed by atoms with E-state index >= 15 is 4.39 Å². The van der Waals surface area contributed by atoms with Crippen LogP contribution >= 0.6 is 23.4 Å². The molecule has 4 heterocycles. The molecular formula is C30H27ClFN9O5S. The summed E-state index contributed by atoms with van der Waals surface area (Å²) in [5.74, 6) is -2.25. The third kappa shape index (κ3) is 6.01. The topological polar surface area (TPSA) is 188 Å². The van der Waals surface area contributed by atoms with Gasteiger partial charge in [-0.2, -0.15) is 5.10 Å². The molecule has 14 nitrogen and oxygen atoms in total. The number of thioether (sulfide) groups is 1. The van der Waals surface area contributed by atoms with Gasteiger partial charge in [-0.05, 0) is 30.4 Å². The molecule has 0 bridgehead atoms. The number of piperidine rings is 1. The van der Waals surface area contributed by atoms with Crippen LogP contribution in [0.25, 0.3) is 11.1 Å². The maximum absolute atomic E-state index is 15.6. The van der Waals surface area contributed by atoms with E-state index in [-0.39, 0.29) is 47.1 Å². The predicted molar refractivity (Wildman–Crippen MR) is 170 cm³/mol. The predicted octanol–water partition coefficient (Wildman–Crippen LogP) is 2.37. The number of nitrogens with one attached hydrogen (secondary N) is 3. The lowest BCUT2D eigenvalue weighted by Crippen LogP contribution is -2.49. The number of anilines is 1. The first-order valence-electron chi connectivity index (χ1n) is 14.6. The third-order valence-corrected chi connectivity index (χ3v) is 9.92. The summed E-state index contributed by atoms with van der Waals surface area (Å²) in [7, 11) is 0. The molecule has 3 aromatic rings. The number of amides is 5. The number of nitrogens with two attached hydrogens (primary N) is 1. The number of hydrogen-bond donors (Lipinski definition) is 4. The zero-order valence-corrected chi connectivity index (χ0v) is 26.0. The van der Waals surface area contributed by atoms with Gasteiger partial charge in [-0.3, -0.25) is 24.7 Å². The zero-order chi connectivity index (χ0) is 32.8. The van der Waals surface area contributed by atoms with Crippen molar-refractivity contribution in [1.82, 2.24) is 25.7 Å². The highest BCUT2D eigenvalue weighted by atomic mass is 35.5. The Labute approximate surface area is 275 Å². The smallest absolute Gasteiger partial charge is 0.321 e. The average molecular weight is 680 g/mol. The summed E-state index contributed by atoms with van der Waals surface area (Å²) in [5, 5.41) is 17.3. The van der Waals surface area contributed by atoms with Crippen molar-refractivity contribution in [3.63, 3.8) is 0 Å². The largest absolute Gasteiger partial charge is 0.364 e. The Bertz CT molecular complexity index is 1840. The average Bonchev–Trinajstić information content (AvgIpc) is 3.46. The van der Waals surface area contributed by atoms with E-state index in [4.69, 9.17) is 21.9 Å². The number of hydrazone groups is 1. The summed E-state index contributed by atoms with van der Waals surface area (Å²) in [6, 6.07) is 10.9. The summed E-state index contributed by atoms with van der Waals surface area (Å²) in [6.07, 6.45) is 2.16. The molecule has 17 heteroatoms. The van der Waals surface area contributed by atoms with Gasteiger partial charge in [0.05, 0.1) is 12.2 Å². The van der Waals surface area contributed by atoms with Crippen molar-refractivity contribution in [2.24, 2.45) is 27.7 Å². The Morgan fingerprint density at radius 2 is 1.89 bits per heavy atom. The summed E-state index contributed by atoms with van der Waals surface area (Å²) < 4.78 is 20.3. The quantitative estimate of drug-likeness (QED) is 0.279. The lowest BCUT2D eigenvalue weighted by atomic mass is 10.0. The second-order valence-electron chi connectivity index (χ2n) is 11.4. The van der Waals surface area contributed by atoms with E-state index in [1.54, 1.807) is 42.5 Å². The van der Waals surface area contributed by atoms with E-state index in [0.29, 0.717) is 22.8 Å². The Balaban J connectivity index is 1.02. The molecule has 4 aliphatic rings. The monoisotopic (exact) mass is 679 g/mol. The standard InChI is InChI=1S/C30H27ClFN9O5S/c31-19-6-2-1-4-16(19)17-5-3-7-20(22(17)32)35-27(44)25-18-10-14(18)12-40(25)21(42)13-41-28-24(23(38-41)26(33)43)36-30(47-28)37-29(45)34-11-15-8-9-46-39-15/h1-9,14,18,24-25,28H,10-13H2,(H2,33,43)(H,35,44)(H2,34,36,37,45)/t14-,18-,24?,25-,28?/m0/s1. The van der Waals surface area contributed by atoms with Crippen molar-refractivity contribution in [3.05, 3.63) is 71.3 Å². The number of urea groups is 1. The first-order valence-corrected chi connectivity index (χ1v) is 15.9. The van der Waals surface area contributed by atoms with E-state index in [1.165, 1.54) is 22.2 Å². The molecule has 5 amide bonds. The number of hydrogen-bond acceptors (Lipinski definition) is 10. The molecule has 47 heavy (non-hydrogen) atoms. The number of halogens is 2. The minimum absolute atomic E-state index is 0.0217. The molecule has 0 spiro atoms. The summed E-state index contributed by atoms with van der Waals surface area (Å²) >= 11 is 7.40. The SMILES string of the molecule is NC(=O)C1=NN(CC(=O)N2C[C@@H]3C[C@@H]3[C@H]2C(=O)Nc2cccc(-c3ccccc3Cl)c2F)C2SC(NC(=O)NCc3ccon3)=NC12. The van der Waals surface area contributed by atoms with Crippen LogP contribution in [-0.2, 0) is 20.9 Å². The number of carbonyl (C=O) groups excluding carboxylic acids is 4. The Morgan fingerprint density at radius 1 is 1.09 bits per heavy atom. The highest BCUT2D eigenvalue weighted by Gasteiger charge is 2.57. The highest BCUT2D eigenvalue weighted by molar-refractivity contribution is 8.14. The van der Waals surface area contributed by atoms with Crippen molar-refractivity contribution in [1.29, 1.82) is 0 Å². The highest BCUT2D eigenvalue weighted by Crippen LogP contribution is 2.50. The summed E-state index contributed by atoms with van der Waals surface area (Å²) in [6.45, 7) is 0.208. The Kier molecular flexibility index (Phi) is 8.05. The van der Waals surface area contributed by atoms with E-state index in [9.17, 15) is 19.2 Å². The molecule has 3 aliphatic heterocycles. The van der Waals surface area contributed by atoms with Crippen molar-refractivity contribution in [2.75, 3.05) is 18.4 Å². The summed E-state index contributed by atoms with van der Waals surface area (Å²) in [5.41, 5.74) is 6.74. The number of fused-ring (bicyclic) bond motifs is 2. The molecule has 1 aromatic heterocycles. The molecule has 1 saturated heterocycles. The van der Waals surface area contributed by atoms with Crippen LogP contribution in [0, 0.1) is 17.7 Å². The molecule has 5 N–H and O–H groups in total. The third-order valence-electron chi connectivity index (χ3n) is 8.42. The number of primary amides is 1. The number of likely N-dealkylation sites (tertiary alicyclic amines) is 1. The molecule has 1 aliphatic carbocycles. The van der Waals surface area contributed by atoms with Gasteiger partial charge in [0.15, 0.2) is 16.7 Å². The fraction of sp³-hybridized carbons (Fsp3) is 0.300. The van der Waals surface area contributed by atoms with Gasteiger partial charge in [0, 0.05) is 28.8 Å². The van der Waals surface area contributed by atoms with Gasteiger partial charge in [-0.25, -0.2) is 14.2 Å². The van der Waals surface area contributed by atoms with Crippen molar-refractivity contribution < 1.29 is 28.1 Å². The van der Waals surface area contributed by atoms with Crippen molar-refractivity contribution in [3.8, 4) is 11.1 Å². The molecule has 242 valence electrons. The molecule has 1 saturated carbocycles. The number of aromatic nitrogens is 1. The van der Waals surface area contributed by atoms with Gasteiger partial charge in [0.1, 0.15) is 36.0 Å². The maximum Gasteiger partial charge on any atom is 0.321 e. The second kappa shape index (κ2) is 12.3. The van der Waals surface area contributed by atoms with E-state index < -0.39 is 47.0 Å². The molecule has 2 fully saturated rings. The fourth-order valence-corrected chi connectivity index (χ4v) is 7.46. The normalized spacial score (nSPS) is 23.8. The molecule has 5 atom stereocenters. The van der Waals surface area contributed by atoms with Gasteiger partial charge in [-0.1, -0.05) is 58.9 Å². The number of amidine groups is 1. The molecular weight excluding hydrogens is 653 g/mol. The van der Waals surface area contributed by atoms with Gasteiger partial charge in [0.25, 0.3) is 5.91 Å². The van der Waals surface area contributed by atoms with Gasteiger partial charge >= 0.3 is 6.03 Å². The Morgan fingerprint density at radius 3 is 2.66 bits per heavy atom. The Hall–Kier alpha value is -4.96. The summed E-state index contributed by atoms with van der Waals surface area (Å²) in [4.78, 5) is 57.8. The first-order chi connectivity index (χ1) is 22.7. The number of rotatable bonds is 8. The second-order valence-corrected chi connectivity index (χ2v) is 12.9. The fourth-order valence-electron chi connectivity index (χ4n) is 6.11. The van der Waals surface area contributed by atoms with Gasteiger partial charge in [-0.15, -0.1) is 0 Å². The van der Waals surface area contributed by atoms with Gasteiger partial charge < -0.3 is 25.8 Å².